The first-order valence-corrected chi connectivity index (χ1v) is 10.2. The molecule has 2 heterocycles. The summed E-state index contributed by atoms with van der Waals surface area (Å²) in [6.07, 6.45) is 5.97. The maximum Gasteiger partial charge on any atom is 0.231 e. The van der Waals surface area contributed by atoms with Crippen LogP contribution >= 0.6 is 0 Å². The van der Waals surface area contributed by atoms with Crippen LogP contribution in [0.2, 0.25) is 0 Å². The Morgan fingerprint density at radius 3 is 2.56 bits per heavy atom. The molecule has 1 aromatic carbocycles. The second-order valence-electron chi connectivity index (χ2n) is 8.04. The smallest absolute Gasteiger partial charge is 0.231 e. The van der Waals surface area contributed by atoms with Crippen molar-refractivity contribution in [3.63, 3.8) is 0 Å². The van der Waals surface area contributed by atoms with Crippen LogP contribution in [0.3, 0.4) is 0 Å². The summed E-state index contributed by atoms with van der Waals surface area (Å²) in [4.78, 5) is 22.1. The summed E-state index contributed by atoms with van der Waals surface area (Å²) < 4.78 is 0. The monoisotopic (exact) mass is 363 g/mol. The molecule has 1 aromatic heterocycles. The third kappa shape index (κ3) is 4.38. The van der Waals surface area contributed by atoms with Crippen molar-refractivity contribution in [2.75, 3.05) is 24.5 Å². The van der Waals surface area contributed by atoms with E-state index in [0.29, 0.717) is 5.92 Å². The molecule has 4 nitrogen and oxygen atoms in total. The lowest BCUT2D eigenvalue weighted by atomic mass is 9.91. The van der Waals surface area contributed by atoms with Crippen molar-refractivity contribution >= 4 is 11.7 Å². The zero-order valence-electron chi connectivity index (χ0n) is 16.1. The van der Waals surface area contributed by atoms with Crippen LogP contribution in [0, 0.1) is 11.8 Å². The van der Waals surface area contributed by atoms with Gasteiger partial charge >= 0.3 is 0 Å². The minimum Gasteiger partial charge on any atom is -0.303 e. The van der Waals surface area contributed by atoms with Crippen molar-refractivity contribution < 1.29 is 4.79 Å². The van der Waals surface area contributed by atoms with Gasteiger partial charge in [0.25, 0.3) is 0 Å². The minimum atomic E-state index is 0.218. The zero-order valence-corrected chi connectivity index (χ0v) is 16.1. The highest BCUT2D eigenvalue weighted by Crippen LogP contribution is 2.35. The number of rotatable bonds is 6. The summed E-state index contributed by atoms with van der Waals surface area (Å²) in [5, 5.41) is 0. The molecule has 4 rings (SSSR count). The predicted molar refractivity (Wildman–Crippen MR) is 109 cm³/mol. The highest BCUT2D eigenvalue weighted by atomic mass is 16.2. The van der Waals surface area contributed by atoms with Gasteiger partial charge in [0.15, 0.2) is 0 Å². The van der Waals surface area contributed by atoms with Crippen molar-refractivity contribution in [2.45, 2.75) is 38.6 Å². The first-order valence-electron chi connectivity index (χ1n) is 10.2. The van der Waals surface area contributed by atoms with Crippen LogP contribution in [0.1, 0.15) is 31.7 Å². The first kappa shape index (κ1) is 18.2. The van der Waals surface area contributed by atoms with Crippen LogP contribution < -0.4 is 4.90 Å². The fourth-order valence-electron chi connectivity index (χ4n) is 4.21. The van der Waals surface area contributed by atoms with Crippen LogP contribution in [-0.2, 0) is 11.2 Å². The molecule has 0 radical (unpaired) electrons. The second kappa shape index (κ2) is 8.22. The molecule has 27 heavy (non-hydrogen) atoms. The molecule has 4 heteroatoms. The Labute approximate surface area is 162 Å². The number of piperidine rings is 1. The third-order valence-corrected chi connectivity index (χ3v) is 5.90. The lowest BCUT2D eigenvalue weighted by Crippen LogP contribution is -2.53. The maximum atomic E-state index is 13.0. The number of hydrogen-bond donors (Lipinski definition) is 0. The maximum absolute atomic E-state index is 13.0. The number of benzene rings is 1. The molecule has 1 aliphatic carbocycles. The van der Waals surface area contributed by atoms with Gasteiger partial charge in [-0.15, -0.1) is 0 Å². The highest BCUT2D eigenvalue weighted by molar-refractivity contribution is 5.96. The second-order valence-corrected chi connectivity index (χ2v) is 8.04. The van der Waals surface area contributed by atoms with E-state index in [-0.39, 0.29) is 17.9 Å². The third-order valence-electron chi connectivity index (χ3n) is 5.90. The Kier molecular flexibility index (Phi) is 5.53. The van der Waals surface area contributed by atoms with Crippen molar-refractivity contribution in [3.8, 4) is 0 Å². The Hall–Kier alpha value is -2.20. The quantitative estimate of drug-likeness (QED) is 0.784. The van der Waals surface area contributed by atoms with E-state index in [4.69, 9.17) is 0 Å². The van der Waals surface area contributed by atoms with Crippen LogP contribution in [-0.4, -0.2) is 41.5 Å². The average molecular weight is 364 g/mol. The van der Waals surface area contributed by atoms with Crippen LogP contribution in [0.25, 0.3) is 0 Å². The molecule has 1 saturated heterocycles. The molecule has 2 atom stereocenters. The zero-order chi connectivity index (χ0) is 18.6. The van der Waals surface area contributed by atoms with Gasteiger partial charge in [0, 0.05) is 37.8 Å². The fraction of sp³-hybridized carbons (Fsp3) is 0.478. The van der Waals surface area contributed by atoms with E-state index in [1.54, 1.807) is 6.20 Å². The summed E-state index contributed by atoms with van der Waals surface area (Å²) in [6, 6.07) is 16.8. The largest absolute Gasteiger partial charge is 0.303 e. The molecule has 1 saturated carbocycles. The van der Waals surface area contributed by atoms with Gasteiger partial charge in [0.2, 0.25) is 5.91 Å². The molecule has 0 spiro atoms. The molecule has 0 unspecified atom stereocenters. The van der Waals surface area contributed by atoms with Gasteiger partial charge in [0.1, 0.15) is 5.82 Å². The highest BCUT2D eigenvalue weighted by Gasteiger charge is 2.40. The summed E-state index contributed by atoms with van der Waals surface area (Å²) >= 11 is 0. The van der Waals surface area contributed by atoms with Gasteiger partial charge in [-0.05, 0) is 49.3 Å². The molecular weight excluding hydrogens is 334 g/mol. The van der Waals surface area contributed by atoms with E-state index < -0.39 is 0 Å². The topological polar surface area (TPSA) is 36.4 Å². The number of hydrogen-bond acceptors (Lipinski definition) is 3. The van der Waals surface area contributed by atoms with Gasteiger partial charge in [-0.25, -0.2) is 4.98 Å². The van der Waals surface area contributed by atoms with Crippen molar-refractivity contribution in [1.82, 2.24) is 9.88 Å². The Bertz CT molecular complexity index is 745. The van der Waals surface area contributed by atoms with Crippen molar-refractivity contribution in [1.29, 1.82) is 0 Å². The number of anilines is 1. The van der Waals surface area contributed by atoms with Gasteiger partial charge in [0.05, 0.1) is 0 Å². The van der Waals surface area contributed by atoms with E-state index in [1.165, 1.54) is 5.56 Å². The molecule has 1 amide bonds. The average Bonchev–Trinajstić information content (AvgIpc) is 3.55. The van der Waals surface area contributed by atoms with E-state index in [0.717, 1.165) is 51.1 Å². The summed E-state index contributed by atoms with van der Waals surface area (Å²) in [6.45, 7) is 5.46. The minimum absolute atomic E-state index is 0.218. The Balaban J connectivity index is 1.41. The van der Waals surface area contributed by atoms with Gasteiger partial charge < -0.3 is 4.90 Å². The summed E-state index contributed by atoms with van der Waals surface area (Å²) in [5.41, 5.74) is 1.39. The summed E-state index contributed by atoms with van der Waals surface area (Å²) in [5.74, 6) is 1.77. The van der Waals surface area contributed by atoms with E-state index >= 15 is 0 Å². The standard InChI is InChI=1S/C23H29N3O/c1-18-17-25(15-12-19-7-3-2-4-8-19)16-13-21(18)26(23(27)20-10-11-20)22-9-5-6-14-24-22/h2-9,14,18,20-21H,10-13,15-17H2,1H3/t18-,21+/m1/s1. The number of likely N-dealkylation sites (tertiary alicyclic amines) is 1. The van der Waals surface area contributed by atoms with Crippen molar-refractivity contribution in [2.24, 2.45) is 11.8 Å². The summed E-state index contributed by atoms with van der Waals surface area (Å²) in [7, 11) is 0. The van der Waals surface area contributed by atoms with Crippen LogP contribution in [0.5, 0.6) is 0 Å². The van der Waals surface area contributed by atoms with E-state index in [1.807, 2.05) is 23.1 Å². The lowest BCUT2D eigenvalue weighted by molar-refractivity contribution is -0.120. The van der Waals surface area contributed by atoms with Gasteiger partial charge in [-0.2, -0.15) is 0 Å². The van der Waals surface area contributed by atoms with E-state index in [2.05, 4.69) is 47.1 Å². The van der Waals surface area contributed by atoms with E-state index in [9.17, 15) is 4.79 Å². The molecule has 0 N–H and O–H groups in total. The number of amides is 1. The molecular formula is C23H29N3O. The number of nitrogens with zero attached hydrogens (tertiary/aromatic N) is 3. The molecule has 142 valence electrons. The molecule has 0 bridgehead atoms. The number of pyridine rings is 1. The molecule has 2 fully saturated rings. The van der Waals surface area contributed by atoms with Crippen LogP contribution in [0.4, 0.5) is 5.82 Å². The van der Waals surface area contributed by atoms with Gasteiger partial charge in [-0.3, -0.25) is 9.69 Å². The Morgan fingerprint density at radius 2 is 1.89 bits per heavy atom. The molecule has 1 aliphatic heterocycles. The SMILES string of the molecule is C[C@@H]1CN(CCc2ccccc2)CC[C@@H]1N(C(=O)C1CC1)c1ccccn1. The normalized spacial score (nSPS) is 23.1. The fourth-order valence-corrected chi connectivity index (χ4v) is 4.21. The number of carbonyl (C=O) groups excluding carboxylic acids is 1. The Morgan fingerprint density at radius 1 is 1.11 bits per heavy atom. The van der Waals surface area contributed by atoms with Crippen molar-refractivity contribution in [3.05, 3.63) is 60.3 Å². The predicted octanol–water partition coefficient (Wildman–Crippen LogP) is 3.78. The first-order chi connectivity index (χ1) is 13.2. The van der Waals surface area contributed by atoms with Gasteiger partial charge in [-0.1, -0.05) is 43.3 Å². The number of carbonyl (C=O) groups is 1. The lowest BCUT2D eigenvalue weighted by Gasteiger charge is -2.42. The number of aromatic nitrogens is 1. The molecule has 2 aromatic rings. The molecule has 2 aliphatic rings. The van der Waals surface area contributed by atoms with Crippen LogP contribution in [0.15, 0.2) is 54.7 Å².